The lowest BCUT2D eigenvalue weighted by Crippen LogP contribution is -2.25. The van der Waals surface area contributed by atoms with E-state index < -0.39 is 0 Å². The van der Waals surface area contributed by atoms with Gasteiger partial charge in [-0.2, -0.15) is 5.26 Å². The second-order valence-electron chi connectivity index (χ2n) is 6.80. The van der Waals surface area contributed by atoms with Gasteiger partial charge in [-0.05, 0) is 41.7 Å². The van der Waals surface area contributed by atoms with Crippen molar-refractivity contribution < 1.29 is 19.0 Å². The first-order chi connectivity index (χ1) is 14.0. The van der Waals surface area contributed by atoms with Crippen LogP contribution in [0.5, 0.6) is 17.2 Å². The maximum Gasteiger partial charge on any atom is 0.234 e. The van der Waals surface area contributed by atoms with Crippen LogP contribution < -0.4 is 19.5 Å². The molecular formula is C23H28N2O4. The van der Waals surface area contributed by atoms with Crippen LogP contribution in [-0.4, -0.2) is 32.8 Å². The summed E-state index contributed by atoms with van der Waals surface area (Å²) in [7, 11) is 1.59. The quantitative estimate of drug-likeness (QED) is 0.584. The maximum absolute atomic E-state index is 11.4. The number of hydrogen-bond acceptors (Lipinski definition) is 5. The lowest BCUT2D eigenvalue weighted by Gasteiger charge is -2.16. The van der Waals surface area contributed by atoms with Crippen LogP contribution in [0.25, 0.3) is 0 Å². The summed E-state index contributed by atoms with van der Waals surface area (Å²) in [5.74, 6) is 2.28. The van der Waals surface area contributed by atoms with Crippen molar-refractivity contribution in [3.05, 3.63) is 53.6 Å². The number of para-hydroxylation sites is 1. The van der Waals surface area contributed by atoms with E-state index in [0.29, 0.717) is 43.6 Å². The second kappa shape index (κ2) is 11.6. The number of hydrogen-bond donors (Lipinski definition) is 1. The van der Waals surface area contributed by atoms with Crippen LogP contribution in [0.15, 0.2) is 42.5 Å². The highest BCUT2D eigenvalue weighted by Gasteiger charge is 2.11. The average molecular weight is 396 g/mol. The summed E-state index contributed by atoms with van der Waals surface area (Å²) in [6, 6.07) is 15.5. The van der Waals surface area contributed by atoms with E-state index in [-0.39, 0.29) is 12.3 Å². The number of methoxy groups -OCH3 is 1. The number of nitrogens with zero attached hydrogens (tertiary/aromatic N) is 1. The molecule has 6 heteroatoms. The lowest BCUT2D eigenvalue weighted by atomic mass is 10.0. The molecule has 0 atom stereocenters. The molecule has 0 heterocycles. The Kier molecular flexibility index (Phi) is 8.84. The van der Waals surface area contributed by atoms with Crippen LogP contribution in [0.2, 0.25) is 0 Å². The van der Waals surface area contributed by atoms with E-state index in [9.17, 15) is 4.79 Å². The number of carbonyl (C=O) groups is 1. The summed E-state index contributed by atoms with van der Waals surface area (Å²) in [4.78, 5) is 11.4. The third-order valence-corrected chi connectivity index (χ3v) is 4.38. The molecule has 1 N–H and O–H groups in total. The predicted octanol–water partition coefficient (Wildman–Crippen LogP) is 3.85. The molecule has 2 aromatic carbocycles. The Bertz CT molecular complexity index is 826. The molecule has 1 amide bonds. The SMILES string of the molecule is COc1cccc(CCNC(=O)CC#N)c1OCCOc1ccc(C(C)C)cc1. The smallest absolute Gasteiger partial charge is 0.234 e. The van der Waals surface area contributed by atoms with Crippen LogP contribution in [0.1, 0.15) is 37.3 Å². The fourth-order valence-corrected chi connectivity index (χ4v) is 2.81. The third-order valence-electron chi connectivity index (χ3n) is 4.38. The molecule has 0 aliphatic rings. The van der Waals surface area contributed by atoms with E-state index in [0.717, 1.165) is 11.3 Å². The van der Waals surface area contributed by atoms with E-state index in [1.807, 2.05) is 36.4 Å². The van der Waals surface area contributed by atoms with Gasteiger partial charge in [0.2, 0.25) is 5.91 Å². The highest BCUT2D eigenvalue weighted by Crippen LogP contribution is 2.31. The molecule has 154 valence electrons. The molecule has 2 aromatic rings. The van der Waals surface area contributed by atoms with Gasteiger partial charge in [0, 0.05) is 6.54 Å². The van der Waals surface area contributed by atoms with Crippen molar-refractivity contribution in [3.8, 4) is 23.3 Å². The van der Waals surface area contributed by atoms with E-state index in [1.165, 1.54) is 5.56 Å². The van der Waals surface area contributed by atoms with E-state index in [4.69, 9.17) is 19.5 Å². The van der Waals surface area contributed by atoms with Gasteiger partial charge in [0.05, 0.1) is 13.2 Å². The number of rotatable bonds is 11. The molecule has 29 heavy (non-hydrogen) atoms. The Morgan fingerprint density at radius 2 is 1.83 bits per heavy atom. The molecule has 0 saturated carbocycles. The van der Waals surface area contributed by atoms with Crippen molar-refractivity contribution >= 4 is 5.91 Å². The Morgan fingerprint density at radius 1 is 1.10 bits per heavy atom. The Morgan fingerprint density at radius 3 is 2.48 bits per heavy atom. The van der Waals surface area contributed by atoms with Gasteiger partial charge in [-0.1, -0.05) is 38.1 Å². The summed E-state index contributed by atoms with van der Waals surface area (Å²) in [6.07, 6.45) is 0.429. The van der Waals surface area contributed by atoms with Crippen molar-refractivity contribution in [2.45, 2.75) is 32.6 Å². The van der Waals surface area contributed by atoms with E-state index >= 15 is 0 Å². The average Bonchev–Trinajstić information content (AvgIpc) is 2.72. The number of carbonyl (C=O) groups excluding carboxylic acids is 1. The van der Waals surface area contributed by atoms with Crippen molar-refractivity contribution in [3.63, 3.8) is 0 Å². The molecule has 2 rings (SSSR count). The molecule has 0 aliphatic heterocycles. The van der Waals surface area contributed by atoms with Crippen molar-refractivity contribution in [1.82, 2.24) is 5.32 Å². The van der Waals surface area contributed by atoms with Crippen LogP contribution >= 0.6 is 0 Å². The summed E-state index contributed by atoms with van der Waals surface area (Å²) in [6.45, 7) is 5.49. The summed E-state index contributed by atoms with van der Waals surface area (Å²) < 4.78 is 17.1. The molecule has 0 aromatic heterocycles. The Labute approximate surface area is 172 Å². The lowest BCUT2D eigenvalue weighted by molar-refractivity contribution is -0.120. The van der Waals surface area contributed by atoms with Gasteiger partial charge in [-0.3, -0.25) is 4.79 Å². The first kappa shape index (κ1) is 22.1. The molecule has 0 saturated heterocycles. The Balaban J connectivity index is 1.89. The molecule has 0 aliphatic carbocycles. The van der Waals surface area contributed by atoms with Crippen molar-refractivity contribution in [2.24, 2.45) is 0 Å². The van der Waals surface area contributed by atoms with Crippen LogP contribution in [0.3, 0.4) is 0 Å². The summed E-state index contributed by atoms with van der Waals surface area (Å²) >= 11 is 0. The number of nitriles is 1. The van der Waals surface area contributed by atoms with Gasteiger partial charge in [-0.25, -0.2) is 0 Å². The highest BCUT2D eigenvalue weighted by atomic mass is 16.5. The standard InChI is InChI=1S/C23H28N2O4/c1-17(2)18-7-9-20(10-8-18)28-15-16-29-23-19(5-4-6-21(23)27-3)12-14-25-22(26)11-13-24/h4-10,17H,11-12,14-16H2,1-3H3,(H,25,26). The van der Waals surface area contributed by atoms with E-state index in [1.54, 1.807) is 7.11 Å². The van der Waals surface area contributed by atoms with Crippen LogP contribution in [0.4, 0.5) is 0 Å². The number of ether oxygens (including phenoxy) is 3. The molecule has 6 nitrogen and oxygen atoms in total. The molecule has 0 unspecified atom stereocenters. The van der Waals surface area contributed by atoms with Gasteiger partial charge in [0.1, 0.15) is 25.4 Å². The molecule has 0 bridgehead atoms. The van der Waals surface area contributed by atoms with Gasteiger partial charge in [0.25, 0.3) is 0 Å². The summed E-state index contributed by atoms with van der Waals surface area (Å²) in [5.41, 5.74) is 2.19. The predicted molar refractivity (Wildman–Crippen MR) is 111 cm³/mol. The van der Waals surface area contributed by atoms with Crippen LogP contribution in [0, 0.1) is 11.3 Å². The normalized spacial score (nSPS) is 10.3. The molecular weight excluding hydrogens is 368 g/mol. The fraction of sp³-hybridized carbons (Fsp3) is 0.391. The van der Waals surface area contributed by atoms with Crippen molar-refractivity contribution in [2.75, 3.05) is 26.9 Å². The van der Waals surface area contributed by atoms with Crippen molar-refractivity contribution in [1.29, 1.82) is 5.26 Å². The molecule has 0 spiro atoms. The largest absolute Gasteiger partial charge is 0.493 e. The molecule has 0 fully saturated rings. The number of amides is 1. The minimum Gasteiger partial charge on any atom is -0.493 e. The minimum absolute atomic E-state index is 0.142. The van der Waals surface area contributed by atoms with Gasteiger partial charge in [0.15, 0.2) is 11.5 Å². The summed E-state index contributed by atoms with van der Waals surface area (Å²) in [5, 5.41) is 11.3. The fourth-order valence-electron chi connectivity index (χ4n) is 2.81. The first-order valence-corrected chi connectivity index (χ1v) is 9.70. The third kappa shape index (κ3) is 7.04. The zero-order chi connectivity index (χ0) is 21.1. The Hall–Kier alpha value is -3.20. The first-order valence-electron chi connectivity index (χ1n) is 9.70. The topological polar surface area (TPSA) is 80.6 Å². The van der Waals surface area contributed by atoms with E-state index in [2.05, 4.69) is 31.3 Å². The molecule has 0 radical (unpaired) electrons. The van der Waals surface area contributed by atoms with Gasteiger partial charge >= 0.3 is 0 Å². The minimum atomic E-state index is -0.283. The van der Waals surface area contributed by atoms with Crippen LogP contribution in [-0.2, 0) is 11.2 Å². The second-order valence-corrected chi connectivity index (χ2v) is 6.80. The van der Waals surface area contributed by atoms with Gasteiger partial charge in [-0.15, -0.1) is 0 Å². The zero-order valence-electron chi connectivity index (χ0n) is 17.2. The zero-order valence-corrected chi connectivity index (χ0v) is 17.2. The van der Waals surface area contributed by atoms with Gasteiger partial charge < -0.3 is 19.5 Å². The maximum atomic E-state index is 11.4. The number of benzene rings is 2. The number of nitrogens with one attached hydrogen (secondary N) is 1. The highest BCUT2D eigenvalue weighted by molar-refractivity contribution is 5.77. The monoisotopic (exact) mass is 396 g/mol.